The van der Waals surface area contributed by atoms with Crippen molar-refractivity contribution in [3.05, 3.63) is 24.3 Å². The minimum Gasteiger partial charge on any atom is -0.449 e. The van der Waals surface area contributed by atoms with Gasteiger partial charge in [0.15, 0.2) is 11.5 Å². The van der Waals surface area contributed by atoms with Crippen molar-refractivity contribution in [2.45, 2.75) is 57.3 Å². The molecule has 1 aliphatic heterocycles. The molecule has 20 heavy (non-hydrogen) atoms. The van der Waals surface area contributed by atoms with Gasteiger partial charge in [0.25, 0.3) is 0 Å². The fourth-order valence-electron chi connectivity index (χ4n) is 3.02. The lowest BCUT2D eigenvalue weighted by Gasteiger charge is -2.26. The van der Waals surface area contributed by atoms with Crippen LogP contribution in [0.25, 0.3) is 0 Å². The van der Waals surface area contributed by atoms with Gasteiger partial charge in [-0.25, -0.2) is 0 Å². The first-order valence-corrected chi connectivity index (χ1v) is 7.46. The third kappa shape index (κ3) is 3.58. The van der Waals surface area contributed by atoms with E-state index in [1.807, 2.05) is 31.2 Å². The van der Waals surface area contributed by atoms with Gasteiger partial charge in [-0.15, -0.1) is 12.4 Å². The highest BCUT2D eigenvalue weighted by Gasteiger charge is 2.36. The van der Waals surface area contributed by atoms with E-state index in [4.69, 9.17) is 9.47 Å². The van der Waals surface area contributed by atoms with Gasteiger partial charge < -0.3 is 14.8 Å². The van der Waals surface area contributed by atoms with Gasteiger partial charge in [0.1, 0.15) is 0 Å². The maximum Gasteiger partial charge on any atom is 0.250 e. The molecule has 3 nitrogen and oxygen atoms in total. The van der Waals surface area contributed by atoms with Crippen LogP contribution in [-0.4, -0.2) is 18.4 Å². The van der Waals surface area contributed by atoms with Crippen molar-refractivity contribution in [2.24, 2.45) is 0 Å². The molecule has 3 rings (SSSR count). The number of benzene rings is 1. The molecule has 0 atom stereocenters. The molecule has 1 aliphatic carbocycles. The number of para-hydroxylation sites is 2. The number of hydrogen-bond acceptors (Lipinski definition) is 3. The van der Waals surface area contributed by atoms with E-state index in [0.717, 1.165) is 24.5 Å². The molecule has 112 valence electrons. The van der Waals surface area contributed by atoms with Crippen LogP contribution in [0.3, 0.4) is 0 Å². The molecule has 1 aromatic rings. The Balaban J connectivity index is 0.00000147. The predicted molar refractivity (Wildman–Crippen MR) is 82.8 cm³/mol. The summed E-state index contributed by atoms with van der Waals surface area (Å²) in [6.07, 6.45) is 7.65. The zero-order valence-corrected chi connectivity index (χ0v) is 12.9. The Bertz CT molecular complexity index is 407. The lowest BCUT2D eigenvalue weighted by atomic mass is 9.95. The van der Waals surface area contributed by atoms with E-state index in [9.17, 15) is 0 Å². The summed E-state index contributed by atoms with van der Waals surface area (Å²) in [4.78, 5) is 0. The van der Waals surface area contributed by atoms with Crippen LogP contribution in [0.2, 0.25) is 0 Å². The molecule has 4 heteroatoms. The summed E-state index contributed by atoms with van der Waals surface area (Å²) in [7, 11) is 0. The van der Waals surface area contributed by atoms with Gasteiger partial charge >= 0.3 is 0 Å². The second kappa shape index (κ2) is 6.68. The molecule has 0 aromatic heterocycles. The molecule has 1 heterocycles. The first kappa shape index (κ1) is 15.5. The number of nitrogens with one attached hydrogen (secondary N) is 1. The van der Waals surface area contributed by atoms with Gasteiger partial charge in [-0.1, -0.05) is 31.4 Å². The Morgan fingerprint density at radius 3 is 2.30 bits per heavy atom. The summed E-state index contributed by atoms with van der Waals surface area (Å²) in [5, 5.41) is 3.64. The van der Waals surface area contributed by atoms with E-state index in [0.29, 0.717) is 6.04 Å². The molecule has 0 spiro atoms. The van der Waals surface area contributed by atoms with Gasteiger partial charge in [-0.3, -0.25) is 0 Å². The minimum atomic E-state index is -0.509. The number of rotatable bonds is 4. The van der Waals surface area contributed by atoms with Crippen molar-refractivity contribution in [2.75, 3.05) is 6.54 Å². The highest BCUT2D eigenvalue weighted by atomic mass is 35.5. The molecule has 1 N–H and O–H groups in total. The SMILES string of the molecule is CC1(CCNC2CCCCC2)Oc2ccccc2O1.Cl. The van der Waals surface area contributed by atoms with Crippen LogP contribution < -0.4 is 14.8 Å². The van der Waals surface area contributed by atoms with Crippen LogP contribution in [0.1, 0.15) is 45.4 Å². The highest BCUT2D eigenvalue weighted by Crippen LogP contribution is 2.39. The average Bonchev–Trinajstić information content (AvgIpc) is 2.76. The second-order valence-corrected chi connectivity index (χ2v) is 5.82. The van der Waals surface area contributed by atoms with Crippen molar-refractivity contribution in [3.63, 3.8) is 0 Å². The number of halogens is 1. The highest BCUT2D eigenvalue weighted by molar-refractivity contribution is 5.85. The van der Waals surface area contributed by atoms with Crippen molar-refractivity contribution < 1.29 is 9.47 Å². The normalized spacial score (nSPS) is 20.4. The van der Waals surface area contributed by atoms with E-state index in [1.165, 1.54) is 32.1 Å². The molecule has 0 unspecified atom stereocenters. The Kier molecular flexibility index (Phi) is 5.17. The molecule has 1 saturated carbocycles. The molecule has 0 radical (unpaired) electrons. The lowest BCUT2D eigenvalue weighted by Crippen LogP contribution is -2.40. The molecule has 0 saturated heterocycles. The van der Waals surface area contributed by atoms with Crippen LogP contribution in [0, 0.1) is 0 Å². The topological polar surface area (TPSA) is 30.5 Å². The van der Waals surface area contributed by atoms with Crippen molar-refractivity contribution >= 4 is 12.4 Å². The maximum absolute atomic E-state index is 5.92. The first-order valence-electron chi connectivity index (χ1n) is 7.46. The third-order valence-corrected chi connectivity index (χ3v) is 4.12. The lowest BCUT2D eigenvalue weighted by molar-refractivity contribution is -0.0677. The van der Waals surface area contributed by atoms with Gasteiger partial charge in [0.2, 0.25) is 5.79 Å². The summed E-state index contributed by atoms with van der Waals surface area (Å²) in [5.41, 5.74) is 0. The Hall–Kier alpha value is -0.930. The summed E-state index contributed by atoms with van der Waals surface area (Å²) in [6.45, 7) is 2.98. The van der Waals surface area contributed by atoms with Crippen LogP contribution in [0.15, 0.2) is 24.3 Å². The third-order valence-electron chi connectivity index (χ3n) is 4.12. The molecule has 1 aromatic carbocycles. The largest absolute Gasteiger partial charge is 0.449 e. The van der Waals surface area contributed by atoms with Crippen LogP contribution in [-0.2, 0) is 0 Å². The Labute approximate surface area is 127 Å². The van der Waals surface area contributed by atoms with E-state index in [2.05, 4.69) is 5.32 Å². The van der Waals surface area contributed by atoms with Crippen LogP contribution in [0.4, 0.5) is 0 Å². The molecule has 0 amide bonds. The van der Waals surface area contributed by atoms with E-state index < -0.39 is 5.79 Å². The molecule has 1 fully saturated rings. The molecule has 0 bridgehead atoms. The zero-order chi connectivity index (χ0) is 13.1. The fraction of sp³-hybridized carbons (Fsp3) is 0.625. The van der Waals surface area contributed by atoms with Crippen molar-refractivity contribution in [1.29, 1.82) is 0 Å². The molecule has 2 aliphatic rings. The van der Waals surface area contributed by atoms with Crippen LogP contribution >= 0.6 is 12.4 Å². The van der Waals surface area contributed by atoms with E-state index in [1.54, 1.807) is 0 Å². The minimum absolute atomic E-state index is 0. The Morgan fingerprint density at radius 1 is 1.10 bits per heavy atom. The summed E-state index contributed by atoms with van der Waals surface area (Å²) in [6, 6.07) is 8.59. The smallest absolute Gasteiger partial charge is 0.250 e. The fourth-order valence-corrected chi connectivity index (χ4v) is 3.02. The monoisotopic (exact) mass is 297 g/mol. The number of fused-ring (bicyclic) bond motifs is 1. The van der Waals surface area contributed by atoms with Gasteiger partial charge in [0, 0.05) is 25.9 Å². The maximum atomic E-state index is 5.92. The zero-order valence-electron chi connectivity index (χ0n) is 12.1. The standard InChI is InChI=1S/C16H23NO2.ClH/c1-16(11-12-17-13-7-3-2-4-8-13)18-14-9-5-6-10-15(14)19-16;/h5-6,9-10,13,17H,2-4,7-8,11-12H2,1H3;1H. The second-order valence-electron chi connectivity index (χ2n) is 5.82. The van der Waals surface area contributed by atoms with Crippen molar-refractivity contribution in [1.82, 2.24) is 5.32 Å². The van der Waals surface area contributed by atoms with E-state index >= 15 is 0 Å². The quantitative estimate of drug-likeness (QED) is 0.914. The van der Waals surface area contributed by atoms with Gasteiger partial charge in [-0.05, 0) is 25.0 Å². The summed E-state index contributed by atoms with van der Waals surface area (Å²) >= 11 is 0. The molecular weight excluding hydrogens is 274 g/mol. The van der Waals surface area contributed by atoms with Crippen molar-refractivity contribution in [3.8, 4) is 11.5 Å². The summed E-state index contributed by atoms with van der Waals surface area (Å²) < 4.78 is 11.8. The van der Waals surface area contributed by atoms with E-state index in [-0.39, 0.29) is 12.4 Å². The Morgan fingerprint density at radius 2 is 1.70 bits per heavy atom. The first-order chi connectivity index (χ1) is 9.25. The molecular formula is C16H24ClNO2. The number of ether oxygens (including phenoxy) is 2. The summed E-state index contributed by atoms with van der Waals surface area (Å²) in [5.74, 6) is 1.22. The van der Waals surface area contributed by atoms with Crippen LogP contribution in [0.5, 0.6) is 11.5 Å². The average molecular weight is 298 g/mol. The van der Waals surface area contributed by atoms with Gasteiger partial charge in [-0.2, -0.15) is 0 Å². The van der Waals surface area contributed by atoms with Gasteiger partial charge in [0.05, 0.1) is 0 Å². The number of hydrogen-bond donors (Lipinski definition) is 1. The predicted octanol–water partition coefficient (Wildman–Crippen LogP) is 3.91.